The van der Waals surface area contributed by atoms with Crippen molar-refractivity contribution in [3.05, 3.63) is 58.1 Å². The normalized spacial score (nSPS) is 10.2. The molecule has 98 valence electrons. The second kappa shape index (κ2) is 5.79. The Morgan fingerprint density at radius 2 is 2.21 bits per heavy atom. The van der Waals surface area contributed by atoms with Gasteiger partial charge in [-0.25, -0.2) is 9.18 Å². The van der Waals surface area contributed by atoms with Gasteiger partial charge in [0.2, 0.25) is 0 Å². The maximum Gasteiger partial charge on any atom is 0.339 e. The van der Waals surface area contributed by atoms with Crippen LogP contribution in [0.1, 0.15) is 15.9 Å². The molecule has 0 unspecified atom stereocenters. The van der Waals surface area contributed by atoms with Crippen molar-refractivity contribution in [3.63, 3.8) is 0 Å². The van der Waals surface area contributed by atoms with Crippen molar-refractivity contribution in [1.82, 2.24) is 4.98 Å². The van der Waals surface area contributed by atoms with Gasteiger partial charge in [-0.05, 0) is 18.2 Å². The molecule has 0 saturated heterocycles. The van der Waals surface area contributed by atoms with Crippen LogP contribution in [0.25, 0.3) is 0 Å². The van der Waals surface area contributed by atoms with E-state index in [0.29, 0.717) is 10.0 Å². The van der Waals surface area contributed by atoms with Crippen LogP contribution >= 0.6 is 15.9 Å². The molecule has 1 aromatic heterocycles. The predicted molar refractivity (Wildman–Crippen MR) is 69.6 cm³/mol. The standard InChI is InChI=1S/C13H9BrFNO3/c14-9-2-1-8(11(15)5-9)7-19-12-6-16-4-3-10(12)13(17)18/h1-6H,7H2,(H,17,18). The van der Waals surface area contributed by atoms with Gasteiger partial charge in [0.15, 0.2) is 5.75 Å². The van der Waals surface area contributed by atoms with E-state index in [1.165, 1.54) is 24.5 Å². The lowest BCUT2D eigenvalue weighted by molar-refractivity contribution is 0.0691. The van der Waals surface area contributed by atoms with Gasteiger partial charge in [-0.1, -0.05) is 22.0 Å². The van der Waals surface area contributed by atoms with E-state index in [1.807, 2.05) is 0 Å². The predicted octanol–water partition coefficient (Wildman–Crippen LogP) is 3.26. The van der Waals surface area contributed by atoms with Crippen LogP contribution in [-0.4, -0.2) is 16.1 Å². The molecule has 0 amide bonds. The number of nitrogens with zero attached hydrogens (tertiary/aromatic N) is 1. The molecule has 2 rings (SSSR count). The highest BCUT2D eigenvalue weighted by atomic mass is 79.9. The van der Waals surface area contributed by atoms with E-state index < -0.39 is 11.8 Å². The molecule has 0 saturated carbocycles. The second-order valence-electron chi connectivity index (χ2n) is 3.70. The Morgan fingerprint density at radius 3 is 2.89 bits per heavy atom. The number of benzene rings is 1. The molecular weight excluding hydrogens is 317 g/mol. The zero-order chi connectivity index (χ0) is 13.8. The molecule has 1 heterocycles. The summed E-state index contributed by atoms with van der Waals surface area (Å²) in [6.07, 6.45) is 2.65. The summed E-state index contributed by atoms with van der Waals surface area (Å²) in [5.41, 5.74) is 0.330. The highest BCUT2D eigenvalue weighted by molar-refractivity contribution is 9.10. The third-order valence-electron chi connectivity index (χ3n) is 2.41. The fraction of sp³-hybridized carbons (Fsp3) is 0.0769. The minimum atomic E-state index is -1.12. The number of carbonyl (C=O) groups is 1. The van der Waals surface area contributed by atoms with Crippen molar-refractivity contribution in [2.45, 2.75) is 6.61 Å². The monoisotopic (exact) mass is 325 g/mol. The zero-order valence-electron chi connectivity index (χ0n) is 9.64. The van der Waals surface area contributed by atoms with E-state index in [9.17, 15) is 9.18 Å². The molecule has 1 aromatic carbocycles. The van der Waals surface area contributed by atoms with E-state index in [0.717, 1.165) is 0 Å². The lowest BCUT2D eigenvalue weighted by Crippen LogP contribution is -2.04. The topological polar surface area (TPSA) is 59.4 Å². The Bertz CT molecular complexity index is 619. The van der Waals surface area contributed by atoms with Gasteiger partial charge in [-0.15, -0.1) is 0 Å². The summed E-state index contributed by atoms with van der Waals surface area (Å²) in [6.45, 7) is -0.0644. The van der Waals surface area contributed by atoms with Gasteiger partial charge in [0, 0.05) is 16.2 Å². The molecule has 4 nitrogen and oxygen atoms in total. The summed E-state index contributed by atoms with van der Waals surface area (Å²) in [6, 6.07) is 5.90. The summed E-state index contributed by atoms with van der Waals surface area (Å²) < 4.78 is 19.5. The molecule has 0 atom stereocenters. The highest BCUT2D eigenvalue weighted by Gasteiger charge is 2.12. The minimum absolute atomic E-state index is 0.00693. The van der Waals surface area contributed by atoms with Gasteiger partial charge in [0.1, 0.15) is 18.0 Å². The van der Waals surface area contributed by atoms with Crippen LogP contribution in [0.2, 0.25) is 0 Å². The van der Waals surface area contributed by atoms with Crippen LogP contribution in [0, 0.1) is 5.82 Å². The Balaban J connectivity index is 2.17. The van der Waals surface area contributed by atoms with Crippen molar-refractivity contribution in [1.29, 1.82) is 0 Å². The highest BCUT2D eigenvalue weighted by Crippen LogP contribution is 2.20. The van der Waals surface area contributed by atoms with E-state index in [-0.39, 0.29) is 17.9 Å². The third kappa shape index (κ3) is 3.29. The largest absolute Gasteiger partial charge is 0.486 e. The maximum atomic E-state index is 13.6. The lowest BCUT2D eigenvalue weighted by atomic mass is 10.2. The SMILES string of the molecule is O=C(O)c1ccncc1OCc1ccc(Br)cc1F. The van der Waals surface area contributed by atoms with Crippen molar-refractivity contribution in [2.75, 3.05) is 0 Å². The number of pyridine rings is 1. The van der Waals surface area contributed by atoms with Crippen molar-refractivity contribution >= 4 is 21.9 Å². The van der Waals surface area contributed by atoms with Crippen molar-refractivity contribution in [3.8, 4) is 5.75 Å². The average molecular weight is 326 g/mol. The quantitative estimate of drug-likeness (QED) is 0.937. The van der Waals surface area contributed by atoms with Crippen LogP contribution < -0.4 is 4.74 Å². The first-order chi connectivity index (χ1) is 9.08. The van der Waals surface area contributed by atoms with Gasteiger partial charge in [0.05, 0.1) is 6.20 Å². The Morgan fingerprint density at radius 1 is 1.42 bits per heavy atom. The first-order valence-corrected chi connectivity index (χ1v) is 6.11. The van der Waals surface area contributed by atoms with E-state index in [1.54, 1.807) is 12.1 Å². The summed E-state index contributed by atoms with van der Waals surface area (Å²) in [7, 11) is 0. The molecule has 2 aromatic rings. The van der Waals surface area contributed by atoms with Gasteiger partial charge in [0.25, 0.3) is 0 Å². The number of hydrogen-bond donors (Lipinski definition) is 1. The van der Waals surface area contributed by atoms with Gasteiger partial charge in [-0.3, -0.25) is 4.98 Å². The van der Waals surface area contributed by atoms with Gasteiger partial charge < -0.3 is 9.84 Å². The number of carboxylic acids is 1. The van der Waals surface area contributed by atoms with Crippen LogP contribution in [0.4, 0.5) is 4.39 Å². The number of ether oxygens (including phenoxy) is 1. The number of carboxylic acid groups (broad SMARTS) is 1. The molecule has 0 radical (unpaired) electrons. The first kappa shape index (κ1) is 13.5. The van der Waals surface area contributed by atoms with E-state index >= 15 is 0 Å². The smallest absolute Gasteiger partial charge is 0.339 e. The average Bonchev–Trinajstić information content (AvgIpc) is 2.38. The van der Waals surface area contributed by atoms with E-state index in [4.69, 9.17) is 9.84 Å². The molecule has 0 bridgehead atoms. The summed E-state index contributed by atoms with van der Waals surface area (Å²) in [4.78, 5) is 14.7. The Hall–Kier alpha value is -1.95. The van der Waals surface area contributed by atoms with Crippen LogP contribution in [0.15, 0.2) is 41.1 Å². The minimum Gasteiger partial charge on any atom is -0.486 e. The number of halogens is 2. The molecular formula is C13H9BrFNO3. The lowest BCUT2D eigenvalue weighted by Gasteiger charge is -2.09. The number of rotatable bonds is 4. The van der Waals surface area contributed by atoms with Crippen LogP contribution in [0.5, 0.6) is 5.75 Å². The van der Waals surface area contributed by atoms with Gasteiger partial charge >= 0.3 is 5.97 Å². The molecule has 0 aliphatic carbocycles. The molecule has 1 N–H and O–H groups in total. The number of hydrogen-bond acceptors (Lipinski definition) is 3. The fourth-order valence-electron chi connectivity index (χ4n) is 1.47. The number of aromatic carboxylic acids is 1. The van der Waals surface area contributed by atoms with Crippen LogP contribution in [0.3, 0.4) is 0 Å². The Kier molecular flexibility index (Phi) is 4.11. The molecule has 0 fully saturated rings. The summed E-state index contributed by atoms with van der Waals surface area (Å²) in [5.74, 6) is -1.43. The molecule has 0 aliphatic heterocycles. The van der Waals surface area contributed by atoms with Crippen molar-refractivity contribution < 1.29 is 19.0 Å². The van der Waals surface area contributed by atoms with Crippen LogP contribution in [-0.2, 0) is 6.61 Å². The second-order valence-corrected chi connectivity index (χ2v) is 4.62. The number of aromatic nitrogens is 1. The van der Waals surface area contributed by atoms with E-state index in [2.05, 4.69) is 20.9 Å². The molecule has 0 aliphatic rings. The van der Waals surface area contributed by atoms with Crippen molar-refractivity contribution in [2.24, 2.45) is 0 Å². The molecule has 6 heteroatoms. The zero-order valence-corrected chi connectivity index (χ0v) is 11.2. The maximum absolute atomic E-state index is 13.6. The fourth-order valence-corrected chi connectivity index (χ4v) is 1.80. The summed E-state index contributed by atoms with van der Waals surface area (Å²) in [5, 5.41) is 8.97. The summed E-state index contributed by atoms with van der Waals surface area (Å²) >= 11 is 3.15. The molecule has 0 spiro atoms. The third-order valence-corrected chi connectivity index (χ3v) is 2.91. The Labute approximate surface area is 117 Å². The first-order valence-electron chi connectivity index (χ1n) is 5.32. The molecule has 19 heavy (non-hydrogen) atoms. The van der Waals surface area contributed by atoms with Gasteiger partial charge in [-0.2, -0.15) is 0 Å².